The van der Waals surface area contributed by atoms with Crippen LogP contribution in [0.3, 0.4) is 0 Å². The van der Waals surface area contributed by atoms with Gasteiger partial charge < -0.3 is 160 Å². The van der Waals surface area contributed by atoms with Crippen LogP contribution in [0, 0.1) is 0 Å². The van der Waals surface area contributed by atoms with E-state index >= 15 is 0 Å². The smallest absolute Gasteiger partial charge is 0.394 e. The van der Waals surface area contributed by atoms with Gasteiger partial charge in [0, 0.05) is 0 Å². The minimum absolute atomic E-state index is 0.819. The average Bonchev–Trinajstić information content (AvgIpc) is 3.64. The Hall–Kier alpha value is -1.09. The van der Waals surface area contributed by atoms with Gasteiger partial charge in [-0.05, 0) is 0 Å². The first kappa shape index (κ1) is 59.2. The number of phosphoric ester groups is 1. The molecule has 6 rings (SSSR count). The quantitative estimate of drug-likeness (QED) is 0.0534. The van der Waals surface area contributed by atoms with Gasteiger partial charge in [0.2, 0.25) is 0 Å². The first-order valence-electron chi connectivity index (χ1n) is 22.0. The summed E-state index contributed by atoms with van der Waals surface area (Å²) in [5.74, 6) is 0. The van der Waals surface area contributed by atoms with Crippen LogP contribution in [0.25, 0.3) is 0 Å². The topological polar surface area (TPSA) is 558 Å². The van der Waals surface area contributed by atoms with E-state index in [1.54, 1.807) is 0 Å². The molecule has 0 unspecified atom stereocenters. The van der Waals surface area contributed by atoms with Gasteiger partial charge in [-0.1, -0.05) is 0 Å². The van der Waals surface area contributed by atoms with E-state index < -0.39 is 232 Å². The monoisotopic (exact) mass is 1070 g/mol. The lowest BCUT2D eigenvalue weighted by Gasteiger charge is -2.48. The highest BCUT2D eigenvalue weighted by Crippen LogP contribution is 2.40. The third-order valence-electron chi connectivity index (χ3n) is 12.7. The number of hydrogen-bond donors (Lipinski definition) is 21. The van der Waals surface area contributed by atoms with Crippen molar-refractivity contribution in [3.05, 3.63) is 0 Å². The van der Waals surface area contributed by atoms with Gasteiger partial charge in [-0.25, -0.2) is 4.57 Å². The SMILES string of the molecule is N[C@@H]1[C@@H](O)[C@H](O[C@H]2O[C@H](CO)[C@@H](O)[C@H](O[C@H]3O[C@H](COP(=O)(O)O)[C@@H](O)[C@H](O[C@@H]4O[C@@H]([C@H](O)CO)[C@H](O[C@H]5O[C@H](CO[C@H]6O[C@H](CO)[C@H](O)[C@H](O)[C@H]6O)[C@H](O)[C@H](O)[C@H]5O)[C@H]4O)[C@@H]3O)[C@@H]2O)[C@@H](CO)O[C@@H]1O. The number of aliphatic hydroxyl groups excluding tert-OH is 18. The molecule has 22 N–H and O–H groups in total. The summed E-state index contributed by atoms with van der Waals surface area (Å²) in [4.78, 5) is 18.9. The first-order chi connectivity index (χ1) is 33.4. The molecule has 35 heteroatoms. The van der Waals surface area contributed by atoms with E-state index in [-0.39, 0.29) is 0 Å². The van der Waals surface area contributed by atoms with Crippen molar-refractivity contribution in [1.29, 1.82) is 0 Å². The maximum atomic E-state index is 11.7. The van der Waals surface area contributed by atoms with Crippen LogP contribution in [0.1, 0.15) is 0 Å². The van der Waals surface area contributed by atoms with Gasteiger partial charge >= 0.3 is 7.82 Å². The Labute approximate surface area is 400 Å². The van der Waals surface area contributed by atoms with Crippen molar-refractivity contribution in [2.24, 2.45) is 5.73 Å². The van der Waals surface area contributed by atoms with Crippen molar-refractivity contribution >= 4 is 7.82 Å². The molecule has 416 valence electrons. The highest BCUT2D eigenvalue weighted by atomic mass is 31.2. The summed E-state index contributed by atoms with van der Waals surface area (Å²) in [6.07, 6.45) is -56.9. The maximum Gasteiger partial charge on any atom is 0.469 e. The Kier molecular flexibility index (Phi) is 20.8. The summed E-state index contributed by atoms with van der Waals surface area (Å²) in [7, 11) is -5.36. The molecule has 30 atom stereocenters. The first-order valence-corrected chi connectivity index (χ1v) is 23.5. The lowest BCUT2D eigenvalue weighted by molar-refractivity contribution is -0.380. The van der Waals surface area contributed by atoms with Crippen molar-refractivity contribution in [1.82, 2.24) is 0 Å². The Morgan fingerprint density at radius 1 is 0.437 bits per heavy atom. The fourth-order valence-corrected chi connectivity index (χ4v) is 8.95. The highest BCUT2D eigenvalue weighted by molar-refractivity contribution is 7.46. The average molecular weight is 1070 g/mol. The van der Waals surface area contributed by atoms with Crippen LogP contribution in [-0.2, 0) is 61.2 Å². The standard InChI is InChI=1S/C36H64NO33P/c37-13-18(47)27(10(4-41)61-31(13)55)67-34-23(52)28(16(45)9(3-40)63-34)68-35-24(53)29(17(46)12(65-35)6-60-71(56,57)58)69-36-25(54)30(26(66-36)7(42)1-38)70-33-22(51)20(49)15(44)11(64-33)5-59-32-21(50)19(48)14(43)8(2-39)62-32/h7-36,38-55H,1-6,37H2,(H2,56,57,58)/t7-,8-,9-,10-,11-,12-,13-,14+,15+,16-,17-,18-,19+,20+,21-,22-,23+,24+,25-,26+,27-,28+,29+,30-,31+,32+,33-,34-,35-,36+/m1/s1. The second-order valence-electron chi connectivity index (χ2n) is 17.5. The number of phosphoric acid groups is 1. The van der Waals surface area contributed by atoms with Crippen LogP contribution in [0.15, 0.2) is 0 Å². The van der Waals surface area contributed by atoms with Crippen molar-refractivity contribution in [2.75, 3.05) is 39.6 Å². The van der Waals surface area contributed by atoms with E-state index in [9.17, 15) is 106 Å². The van der Waals surface area contributed by atoms with Gasteiger partial charge in [-0.15, -0.1) is 0 Å². The number of rotatable bonds is 19. The van der Waals surface area contributed by atoms with Crippen molar-refractivity contribution in [3.8, 4) is 0 Å². The van der Waals surface area contributed by atoms with Crippen molar-refractivity contribution in [2.45, 2.75) is 184 Å². The molecule has 0 spiro atoms. The van der Waals surface area contributed by atoms with Crippen LogP contribution >= 0.6 is 7.82 Å². The summed E-state index contributed by atoms with van der Waals surface area (Å²) in [6, 6.07) is -1.52. The maximum absolute atomic E-state index is 11.7. The summed E-state index contributed by atoms with van der Waals surface area (Å²) in [6.45, 7) is -5.88. The summed E-state index contributed by atoms with van der Waals surface area (Å²) in [5.41, 5.74) is 5.76. The van der Waals surface area contributed by atoms with E-state index in [2.05, 4.69) is 4.52 Å². The van der Waals surface area contributed by atoms with Crippen LogP contribution in [-0.4, -0.2) is 326 Å². The van der Waals surface area contributed by atoms with E-state index in [0.29, 0.717) is 0 Å². The largest absolute Gasteiger partial charge is 0.469 e. The second kappa shape index (κ2) is 24.9. The molecular formula is C36H64NO33P. The van der Waals surface area contributed by atoms with Crippen LogP contribution in [0.5, 0.6) is 0 Å². The molecule has 6 fully saturated rings. The van der Waals surface area contributed by atoms with Crippen LogP contribution in [0.4, 0.5) is 0 Å². The third kappa shape index (κ3) is 13.0. The van der Waals surface area contributed by atoms with Crippen molar-refractivity contribution < 1.29 is 163 Å². The molecule has 0 bridgehead atoms. The van der Waals surface area contributed by atoms with Gasteiger partial charge in [0.15, 0.2) is 37.7 Å². The van der Waals surface area contributed by atoms with Gasteiger partial charge in [-0.2, -0.15) is 0 Å². The lowest BCUT2D eigenvalue weighted by Crippen LogP contribution is -2.67. The van der Waals surface area contributed by atoms with E-state index in [0.717, 1.165) is 0 Å². The summed E-state index contributed by atoms with van der Waals surface area (Å²) in [5, 5.41) is 191. The molecule has 6 aliphatic heterocycles. The fourth-order valence-electron chi connectivity index (χ4n) is 8.61. The summed E-state index contributed by atoms with van der Waals surface area (Å²) >= 11 is 0. The molecule has 6 aliphatic rings. The number of ether oxygens (including phenoxy) is 11. The Bertz CT molecular complexity index is 1690. The van der Waals surface area contributed by atoms with Crippen molar-refractivity contribution in [3.63, 3.8) is 0 Å². The molecule has 0 aromatic carbocycles. The highest BCUT2D eigenvalue weighted by Gasteiger charge is 2.58. The van der Waals surface area contributed by atoms with Gasteiger partial charge in [0.1, 0.15) is 140 Å². The molecule has 0 saturated carbocycles. The van der Waals surface area contributed by atoms with Crippen LogP contribution in [0.2, 0.25) is 0 Å². The molecular weight excluding hydrogens is 1010 g/mol. The number of hydrogen-bond acceptors (Lipinski definition) is 32. The Morgan fingerprint density at radius 2 is 0.845 bits per heavy atom. The summed E-state index contributed by atoms with van der Waals surface area (Å²) < 4.78 is 77.1. The number of nitrogens with two attached hydrogens (primary N) is 1. The van der Waals surface area contributed by atoms with Gasteiger partial charge in [0.25, 0.3) is 0 Å². The molecule has 0 aromatic rings. The minimum atomic E-state index is -5.36. The zero-order valence-corrected chi connectivity index (χ0v) is 37.7. The molecule has 0 aromatic heterocycles. The number of aliphatic hydroxyl groups is 18. The van der Waals surface area contributed by atoms with E-state index in [1.807, 2.05) is 0 Å². The zero-order chi connectivity index (χ0) is 52.5. The van der Waals surface area contributed by atoms with Gasteiger partial charge in [0.05, 0.1) is 45.7 Å². The normalized spacial score (nSPS) is 50.5. The van der Waals surface area contributed by atoms with E-state index in [1.165, 1.54) is 0 Å². The second-order valence-corrected chi connectivity index (χ2v) is 18.7. The molecule has 0 radical (unpaired) electrons. The molecule has 6 heterocycles. The fraction of sp³-hybridized carbons (Fsp3) is 1.00. The van der Waals surface area contributed by atoms with E-state index in [4.69, 9.17) is 57.8 Å². The molecule has 6 saturated heterocycles. The Morgan fingerprint density at radius 3 is 1.38 bits per heavy atom. The molecule has 0 aliphatic carbocycles. The predicted molar refractivity (Wildman–Crippen MR) is 212 cm³/mol. The van der Waals surface area contributed by atoms with Gasteiger partial charge in [-0.3, -0.25) is 4.52 Å². The minimum Gasteiger partial charge on any atom is -0.394 e. The molecule has 71 heavy (non-hydrogen) atoms. The lowest BCUT2D eigenvalue weighted by atomic mass is 9.95. The predicted octanol–water partition coefficient (Wildman–Crippen LogP) is -14.0. The third-order valence-corrected chi connectivity index (χ3v) is 13.2. The Balaban J connectivity index is 1.20. The molecule has 34 nitrogen and oxygen atoms in total. The molecule has 0 amide bonds. The zero-order valence-electron chi connectivity index (χ0n) is 36.8. The van der Waals surface area contributed by atoms with Crippen LogP contribution < -0.4 is 5.73 Å².